The van der Waals surface area contributed by atoms with Crippen molar-refractivity contribution in [3.63, 3.8) is 0 Å². The first kappa shape index (κ1) is 13.8. The van der Waals surface area contributed by atoms with E-state index in [1.807, 2.05) is 6.92 Å². The lowest BCUT2D eigenvalue weighted by Crippen LogP contribution is -2.47. The summed E-state index contributed by atoms with van der Waals surface area (Å²) in [4.78, 5) is 24.3. The molecule has 0 saturated carbocycles. The van der Waals surface area contributed by atoms with Gasteiger partial charge in [-0.05, 0) is 33.1 Å². The van der Waals surface area contributed by atoms with Crippen molar-refractivity contribution in [3.8, 4) is 0 Å². The van der Waals surface area contributed by atoms with Gasteiger partial charge in [0, 0.05) is 13.1 Å². The van der Waals surface area contributed by atoms with Crippen LogP contribution in [-0.4, -0.2) is 40.8 Å². The number of ether oxygens (including phenoxy) is 1. The topological polar surface area (TPSA) is 66.8 Å². The predicted octanol–water partition coefficient (Wildman–Crippen LogP) is 1.96. The van der Waals surface area contributed by atoms with E-state index in [9.17, 15) is 9.59 Å². The molecule has 0 radical (unpaired) electrons. The molecule has 1 heterocycles. The minimum Gasteiger partial charge on any atom is -0.481 e. The van der Waals surface area contributed by atoms with E-state index in [-0.39, 0.29) is 12.5 Å². The highest BCUT2D eigenvalue weighted by atomic mass is 16.6. The highest BCUT2D eigenvalue weighted by molar-refractivity contribution is 5.73. The quantitative estimate of drug-likeness (QED) is 0.764. The number of aliphatic carboxylic acids is 1. The number of hydrogen-bond donors (Lipinski definition) is 1. The largest absolute Gasteiger partial charge is 0.481 e. The van der Waals surface area contributed by atoms with Crippen molar-refractivity contribution < 1.29 is 19.4 Å². The number of carboxylic acid groups (broad SMARTS) is 1. The van der Waals surface area contributed by atoms with Gasteiger partial charge in [-0.15, -0.1) is 0 Å². The second kappa shape index (κ2) is 4.94. The number of hydrogen-bond acceptors (Lipinski definition) is 3. The zero-order valence-electron chi connectivity index (χ0n) is 10.9. The Morgan fingerprint density at radius 3 is 2.35 bits per heavy atom. The number of likely N-dealkylation sites (tertiary alicyclic amines) is 1. The van der Waals surface area contributed by atoms with Crippen molar-refractivity contribution in [2.45, 2.75) is 39.7 Å². The number of carbonyl (C=O) groups excluding carboxylic acids is 1. The summed E-state index contributed by atoms with van der Waals surface area (Å²) in [6, 6.07) is 0. The van der Waals surface area contributed by atoms with Gasteiger partial charge in [-0.25, -0.2) is 4.79 Å². The third-order valence-electron chi connectivity index (χ3n) is 2.66. The van der Waals surface area contributed by atoms with Gasteiger partial charge >= 0.3 is 12.1 Å². The monoisotopic (exact) mass is 243 g/mol. The smallest absolute Gasteiger partial charge is 0.410 e. The number of rotatable bonds is 1. The van der Waals surface area contributed by atoms with Crippen LogP contribution in [0.5, 0.6) is 0 Å². The molecule has 1 N–H and O–H groups in total. The zero-order chi connectivity index (χ0) is 13.2. The Bertz CT molecular complexity index is 308. The minimum absolute atomic E-state index is 0.192. The van der Waals surface area contributed by atoms with Crippen LogP contribution in [0.1, 0.15) is 34.1 Å². The van der Waals surface area contributed by atoms with Gasteiger partial charge in [0.1, 0.15) is 5.60 Å². The number of amides is 1. The SMILES string of the molecule is C[C@H]1C[C@@H](C(=O)O)CN(C(=O)OC(C)(C)C)C1. The summed E-state index contributed by atoms with van der Waals surface area (Å²) < 4.78 is 5.25. The molecule has 0 aromatic carbocycles. The van der Waals surface area contributed by atoms with Gasteiger partial charge in [0.2, 0.25) is 0 Å². The predicted molar refractivity (Wildman–Crippen MR) is 62.7 cm³/mol. The molecule has 17 heavy (non-hydrogen) atoms. The summed E-state index contributed by atoms with van der Waals surface area (Å²) in [5, 5.41) is 9.01. The molecule has 2 atom stereocenters. The van der Waals surface area contributed by atoms with Gasteiger partial charge < -0.3 is 14.7 Å². The van der Waals surface area contributed by atoms with Crippen LogP contribution in [0.25, 0.3) is 0 Å². The van der Waals surface area contributed by atoms with Crippen molar-refractivity contribution >= 4 is 12.1 Å². The van der Waals surface area contributed by atoms with E-state index >= 15 is 0 Å². The van der Waals surface area contributed by atoms with Crippen LogP contribution in [-0.2, 0) is 9.53 Å². The Kier molecular flexibility index (Phi) is 4.01. The molecule has 1 aliphatic rings. The molecule has 0 spiro atoms. The third kappa shape index (κ3) is 4.24. The molecule has 5 heteroatoms. The summed E-state index contributed by atoms with van der Waals surface area (Å²) in [7, 11) is 0. The average molecular weight is 243 g/mol. The summed E-state index contributed by atoms with van der Waals surface area (Å²) in [5.74, 6) is -1.13. The summed E-state index contributed by atoms with van der Waals surface area (Å²) in [6.07, 6.45) is 0.199. The fourth-order valence-electron chi connectivity index (χ4n) is 2.01. The molecular weight excluding hydrogens is 222 g/mol. The summed E-state index contributed by atoms with van der Waals surface area (Å²) >= 11 is 0. The molecule has 1 rings (SSSR count). The first-order chi connectivity index (χ1) is 7.69. The highest BCUT2D eigenvalue weighted by Gasteiger charge is 2.33. The standard InChI is InChI=1S/C12H21NO4/c1-8-5-9(10(14)15)7-13(6-8)11(16)17-12(2,3)4/h8-9H,5-7H2,1-4H3,(H,14,15)/t8-,9+/m0/s1. The van der Waals surface area contributed by atoms with Crippen molar-refractivity contribution in [2.75, 3.05) is 13.1 Å². The van der Waals surface area contributed by atoms with Crippen LogP contribution >= 0.6 is 0 Å². The first-order valence-corrected chi connectivity index (χ1v) is 5.90. The van der Waals surface area contributed by atoms with Gasteiger partial charge in [0.05, 0.1) is 5.92 Å². The highest BCUT2D eigenvalue weighted by Crippen LogP contribution is 2.23. The van der Waals surface area contributed by atoms with Gasteiger partial charge in [-0.1, -0.05) is 6.92 Å². The molecule has 1 fully saturated rings. The van der Waals surface area contributed by atoms with Gasteiger partial charge in [-0.3, -0.25) is 4.79 Å². The average Bonchev–Trinajstić information content (AvgIpc) is 2.13. The van der Waals surface area contributed by atoms with Crippen LogP contribution in [0.2, 0.25) is 0 Å². The fraction of sp³-hybridized carbons (Fsp3) is 0.833. The number of carbonyl (C=O) groups is 2. The van der Waals surface area contributed by atoms with E-state index in [0.717, 1.165) is 0 Å². The van der Waals surface area contributed by atoms with Crippen LogP contribution < -0.4 is 0 Å². The Balaban J connectivity index is 2.64. The van der Waals surface area contributed by atoms with Crippen LogP contribution in [0, 0.1) is 11.8 Å². The molecule has 1 aliphatic heterocycles. The third-order valence-corrected chi connectivity index (χ3v) is 2.66. The fourth-order valence-corrected chi connectivity index (χ4v) is 2.01. The molecule has 5 nitrogen and oxygen atoms in total. The maximum absolute atomic E-state index is 11.8. The van der Waals surface area contributed by atoms with E-state index in [1.54, 1.807) is 20.8 Å². The minimum atomic E-state index is -0.842. The Morgan fingerprint density at radius 2 is 1.88 bits per heavy atom. The van der Waals surface area contributed by atoms with Crippen LogP contribution in [0.3, 0.4) is 0 Å². The summed E-state index contributed by atoms with van der Waals surface area (Å²) in [5.41, 5.74) is -0.545. The molecule has 1 saturated heterocycles. The van der Waals surface area contributed by atoms with Gasteiger partial charge in [-0.2, -0.15) is 0 Å². The lowest BCUT2D eigenvalue weighted by Gasteiger charge is -2.35. The van der Waals surface area contributed by atoms with Crippen molar-refractivity contribution in [3.05, 3.63) is 0 Å². The van der Waals surface area contributed by atoms with E-state index in [1.165, 1.54) is 4.90 Å². The second-order valence-corrected chi connectivity index (χ2v) is 5.76. The Morgan fingerprint density at radius 1 is 1.29 bits per heavy atom. The molecule has 0 unspecified atom stereocenters. The lowest BCUT2D eigenvalue weighted by atomic mass is 9.91. The number of piperidine rings is 1. The molecule has 98 valence electrons. The molecular formula is C12H21NO4. The van der Waals surface area contributed by atoms with Gasteiger partial charge in [0.25, 0.3) is 0 Å². The first-order valence-electron chi connectivity index (χ1n) is 5.90. The molecule has 0 aliphatic carbocycles. The molecule has 0 bridgehead atoms. The van der Waals surface area contributed by atoms with E-state index in [2.05, 4.69) is 0 Å². The maximum atomic E-state index is 11.8. The number of carboxylic acids is 1. The molecule has 0 aromatic heterocycles. The van der Waals surface area contributed by atoms with E-state index in [0.29, 0.717) is 13.0 Å². The van der Waals surface area contributed by atoms with Crippen LogP contribution in [0.15, 0.2) is 0 Å². The normalized spacial score (nSPS) is 25.5. The van der Waals surface area contributed by atoms with Crippen molar-refractivity contribution in [2.24, 2.45) is 11.8 Å². The van der Waals surface area contributed by atoms with E-state index in [4.69, 9.17) is 9.84 Å². The number of nitrogens with zero attached hydrogens (tertiary/aromatic N) is 1. The maximum Gasteiger partial charge on any atom is 0.410 e. The molecule has 1 amide bonds. The van der Waals surface area contributed by atoms with Crippen molar-refractivity contribution in [1.82, 2.24) is 4.90 Å². The van der Waals surface area contributed by atoms with Crippen molar-refractivity contribution in [1.29, 1.82) is 0 Å². The second-order valence-electron chi connectivity index (χ2n) is 5.76. The van der Waals surface area contributed by atoms with Crippen LogP contribution in [0.4, 0.5) is 4.79 Å². The Hall–Kier alpha value is -1.26. The zero-order valence-corrected chi connectivity index (χ0v) is 10.9. The lowest BCUT2D eigenvalue weighted by molar-refractivity contribution is -0.144. The Labute approximate surface area is 102 Å². The van der Waals surface area contributed by atoms with E-state index < -0.39 is 23.6 Å². The van der Waals surface area contributed by atoms with Gasteiger partial charge in [0.15, 0.2) is 0 Å². The molecule has 0 aromatic rings. The summed E-state index contributed by atoms with van der Waals surface area (Å²) in [6.45, 7) is 8.16.